The predicted molar refractivity (Wildman–Crippen MR) is 66.6 cm³/mol. The molecule has 0 aliphatic rings. The molecule has 0 saturated carbocycles. The molecule has 0 saturated heterocycles. The van der Waals surface area contributed by atoms with Gasteiger partial charge in [0, 0.05) is 16.5 Å². The van der Waals surface area contributed by atoms with Crippen molar-refractivity contribution in [1.82, 2.24) is 0 Å². The molecule has 0 aliphatic heterocycles. The number of thiophene rings is 1. The van der Waals surface area contributed by atoms with Crippen LogP contribution >= 0.6 is 27.3 Å². The van der Waals surface area contributed by atoms with Gasteiger partial charge in [0.2, 0.25) is 0 Å². The van der Waals surface area contributed by atoms with E-state index in [0.29, 0.717) is 0 Å². The van der Waals surface area contributed by atoms with Crippen molar-refractivity contribution in [3.63, 3.8) is 0 Å². The Morgan fingerprint density at radius 2 is 2.07 bits per heavy atom. The van der Waals surface area contributed by atoms with Crippen molar-refractivity contribution in [3.8, 4) is 0 Å². The van der Waals surface area contributed by atoms with Gasteiger partial charge in [-0.1, -0.05) is 23.8 Å². The van der Waals surface area contributed by atoms with Crippen LogP contribution in [0.25, 0.3) is 0 Å². The molecule has 1 aromatic carbocycles. The van der Waals surface area contributed by atoms with Gasteiger partial charge < -0.3 is 0 Å². The van der Waals surface area contributed by atoms with Crippen molar-refractivity contribution >= 4 is 33.0 Å². The number of hydrogen-bond acceptors (Lipinski definition) is 2. The Labute approximate surface area is 101 Å². The maximum absolute atomic E-state index is 12.0. The third-order valence-electron chi connectivity index (χ3n) is 2.11. The van der Waals surface area contributed by atoms with Gasteiger partial charge in [-0.2, -0.15) is 0 Å². The SMILES string of the molecule is Cc1cccc(C(=O)c2csc(Br)c2)c1. The second-order valence-corrected chi connectivity index (χ2v) is 5.63. The molecule has 2 rings (SSSR count). The fourth-order valence-electron chi connectivity index (χ4n) is 1.38. The molecule has 0 aliphatic carbocycles. The first kappa shape index (κ1) is 10.6. The summed E-state index contributed by atoms with van der Waals surface area (Å²) < 4.78 is 0.985. The Hall–Kier alpha value is -0.930. The van der Waals surface area contributed by atoms with Crippen LogP contribution < -0.4 is 0 Å². The van der Waals surface area contributed by atoms with Crippen LogP contribution in [-0.2, 0) is 0 Å². The Balaban J connectivity index is 2.36. The summed E-state index contributed by atoms with van der Waals surface area (Å²) in [5.74, 6) is 0.0839. The van der Waals surface area contributed by atoms with E-state index in [1.54, 1.807) is 0 Å². The summed E-state index contributed by atoms with van der Waals surface area (Å²) in [6, 6.07) is 9.51. The van der Waals surface area contributed by atoms with Gasteiger partial charge in [-0.15, -0.1) is 11.3 Å². The zero-order valence-electron chi connectivity index (χ0n) is 8.16. The average molecular weight is 281 g/mol. The third kappa shape index (κ3) is 2.36. The second-order valence-electron chi connectivity index (χ2n) is 3.34. The first-order chi connectivity index (χ1) is 7.16. The summed E-state index contributed by atoms with van der Waals surface area (Å²) in [6.07, 6.45) is 0. The molecule has 1 nitrogen and oxygen atoms in total. The van der Waals surface area contributed by atoms with Crippen molar-refractivity contribution < 1.29 is 4.79 Å². The summed E-state index contributed by atoms with van der Waals surface area (Å²) in [6.45, 7) is 1.99. The minimum absolute atomic E-state index is 0.0839. The van der Waals surface area contributed by atoms with E-state index in [1.165, 1.54) is 11.3 Å². The van der Waals surface area contributed by atoms with Crippen molar-refractivity contribution in [2.24, 2.45) is 0 Å². The van der Waals surface area contributed by atoms with Gasteiger partial charge in [-0.3, -0.25) is 4.79 Å². The zero-order valence-corrected chi connectivity index (χ0v) is 10.6. The molecule has 0 spiro atoms. The number of carbonyl (C=O) groups is 1. The first-order valence-electron chi connectivity index (χ1n) is 4.52. The van der Waals surface area contributed by atoms with Gasteiger partial charge in [-0.05, 0) is 35.0 Å². The number of benzene rings is 1. The monoisotopic (exact) mass is 280 g/mol. The highest BCUT2D eigenvalue weighted by Gasteiger charge is 2.10. The molecular weight excluding hydrogens is 272 g/mol. The van der Waals surface area contributed by atoms with Crippen LogP contribution in [0.15, 0.2) is 39.5 Å². The molecule has 0 fully saturated rings. The lowest BCUT2D eigenvalue weighted by atomic mass is 10.0. The number of carbonyl (C=O) groups excluding carboxylic acids is 1. The van der Waals surface area contributed by atoms with Crippen LogP contribution in [0.4, 0.5) is 0 Å². The highest BCUT2D eigenvalue weighted by atomic mass is 79.9. The maximum atomic E-state index is 12.0. The Morgan fingerprint density at radius 3 is 2.67 bits per heavy atom. The molecule has 76 valence electrons. The summed E-state index contributed by atoms with van der Waals surface area (Å²) >= 11 is 4.88. The van der Waals surface area contributed by atoms with E-state index in [-0.39, 0.29) is 5.78 Å². The normalized spacial score (nSPS) is 10.3. The molecule has 2 aromatic rings. The van der Waals surface area contributed by atoms with Gasteiger partial charge in [0.15, 0.2) is 5.78 Å². The van der Waals surface area contributed by atoms with Crippen molar-refractivity contribution in [3.05, 3.63) is 56.2 Å². The molecule has 1 heterocycles. The predicted octanol–water partition coefficient (Wildman–Crippen LogP) is 4.05. The molecule has 0 amide bonds. The average Bonchev–Trinajstić information content (AvgIpc) is 2.64. The van der Waals surface area contributed by atoms with Gasteiger partial charge >= 0.3 is 0 Å². The van der Waals surface area contributed by atoms with E-state index in [4.69, 9.17) is 0 Å². The standard InChI is InChI=1S/C12H9BrOS/c1-8-3-2-4-9(5-8)12(14)10-6-11(13)15-7-10/h2-7H,1H3. The molecule has 0 bridgehead atoms. The van der Waals surface area contributed by atoms with Crippen LogP contribution in [-0.4, -0.2) is 5.78 Å². The quantitative estimate of drug-likeness (QED) is 0.759. The Morgan fingerprint density at radius 1 is 1.27 bits per heavy atom. The van der Waals surface area contributed by atoms with E-state index >= 15 is 0 Å². The number of rotatable bonds is 2. The molecule has 0 unspecified atom stereocenters. The minimum atomic E-state index is 0.0839. The number of ketones is 1. The van der Waals surface area contributed by atoms with Crippen molar-refractivity contribution in [2.75, 3.05) is 0 Å². The molecule has 15 heavy (non-hydrogen) atoms. The van der Waals surface area contributed by atoms with E-state index in [0.717, 1.165) is 20.5 Å². The summed E-state index contributed by atoms with van der Waals surface area (Å²) in [5, 5.41) is 1.87. The van der Waals surface area contributed by atoms with Gasteiger partial charge in [0.05, 0.1) is 3.79 Å². The lowest BCUT2D eigenvalue weighted by Gasteiger charge is -1.99. The van der Waals surface area contributed by atoms with E-state index < -0.39 is 0 Å². The van der Waals surface area contributed by atoms with Crippen molar-refractivity contribution in [1.29, 1.82) is 0 Å². The molecule has 0 N–H and O–H groups in total. The fourth-order valence-corrected chi connectivity index (χ4v) is 2.52. The molecular formula is C12H9BrOS. The highest BCUT2D eigenvalue weighted by Crippen LogP contribution is 2.22. The smallest absolute Gasteiger partial charge is 0.193 e. The van der Waals surface area contributed by atoms with Crippen LogP contribution in [0, 0.1) is 6.92 Å². The van der Waals surface area contributed by atoms with E-state index in [1.807, 2.05) is 42.6 Å². The molecule has 3 heteroatoms. The van der Waals surface area contributed by atoms with Gasteiger partial charge in [0.1, 0.15) is 0 Å². The summed E-state index contributed by atoms with van der Waals surface area (Å²) in [4.78, 5) is 12.0. The largest absolute Gasteiger partial charge is 0.289 e. The summed E-state index contributed by atoms with van der Waals surface area (Å²) in [7, 11) is 0. The number of hydrogen-bond donors (Lipinski definition) is 0. The van der Waals surface area contributed by atoms with E-state index in [9.17, 15) is 4.79 Å². The van der Waals surface area contributed by atoms with Crippen LogP contribution in [0.2, 0.25) is 0 Å². The van der Waals surface area contributed by atoms with Crippen molar-refractivity contribution in [2.45, 2.75) is 6.92 Å². The highest BCUT2D eigenvalue weighted by molar-refractivity contribution is 9.11. The van der Waals surface area contributed by atoms with Gasteiger partial charge in [0.25, 0.3) is 0 Å². The molecule has 1 aromatic heterocycles. The lowest BCUT2D eigenvalue weighted by molar-refractivity contribution is 0.103. The van der Waals surface area contributed by atoms with Gasteiger partial charge in [-0.25, -0.2) is 0 Å². The molecule has 0 atom stereocenters. The zero-order chi connectivity index (χ0) is 10.8. The second kappa shape index (κ2) is 4.29. The van der Waals surface area contributed by atoms with Crippen LogP contribution in [0.5, 0.6) is 0 Å². The number of aryl methyl sites for hydroxylation is 1. The Bertz CT molecular complexity index is 502. The minimum Gasteiger partial charge on any atom is -0.289 e. The fraction of sp³-hybridized carbons (Fsp3) is 0.0833. The van der Waals surface area contributed by atoms with Crippen LogP contribution in [0.3, 0.4) is 0 Å². The number of halogens is 1. The molecule has 0 radical (unpaired) electrons. The maximum Gasteiger partial charge on any atom is 0.193 e. The topological polar surface area (TPSA) is 17.1 Å². The Kier molecular flexibility index (Phi) is 3.03. The first-order valence-corrected chi connectivity index (χ1v) is 6.19. The lowest BCUT2D eigenvalue weighted by Crippen LogP contribution is -1.99. The summed E-state index contributed by atoms with van der Waals surface area (Å²) in [5.41, 5.74) is 2.60. The van der Waals surface area contributed by atoms with Crippen LogP contribution in [0.1, 0.15) is 21.5 Å². The third-order valence-corrected chi connectivity index (χ3v) is 3.61. The van der Waals surface area contributed by atoms with E-state index in [2.05, 4.69) is 15.9 Å².